The summed E-state index contributed by atoms with van der Waals surface area (Å²) in [6.07, 6.45) is 2.78. The van der Waals surface area contributed by atoms with Gasteiger partial charge in [-0.15, -0.1) is 12.4 Å². The Morgan fingerprint density at radius 2 is 1.68 bits per heavy atom. The van der Waals surface area contributed by atoms with E-state index >= 15 is 0 Å². The fourth-order valence-electron chi connectivity index (χ4n) is 1.80. The van der Waals surface area contributed by atoms with Gasteiger partial charge in [-0.2, -0.15) is 0 Å². The summed E-state index contributed by atoms with van der Waals surface area (Å²) < 4.78 is 10.2. The number of phenolic OH excluding ortho intramolecular Hbond substituents is 1. The van der Waals surface area contributed by atoms with E-state index in [1.807, 2.05) is 0 Å². The summed E-state index contributed by atoms with van der Waals surface area (Å²) in [6.45, 7) is 0.676. The molecule has 1 rings (SSSR count). The first-order chi connectivity index (χ1) is 8.63. The lowest BCUT2D eigenvalue weighted by atomic mass is 10.0. The Labute approximate surface area is 120 Å². The highest BCUT2D eigenvalue weighted by molar-refractivity contribution is 5.85. The number of aromatic hydroxyl groups is 1. The van der Waals surface area contributed by atoms with E-state index in [2.05, 4.69) is 0 Å². The average Bonchev–Trinajstić information content (AvgIpc) is 2.39. The summed E-state index contributed by atoms with van der Waals surface area (Å²) in [4.78, 5) is 0. The van der Waals surface area contributed by atoms with Crippen LogP contribution < -0.4 is 20.9 Å². The van der Waals surface area contributed by atoms with E-state index in [-0.39, 0.29) is 24.2 Å². The summed E-state index contributed by atoms with van der Waals surface area (Å²) in [7, 11) is 3.00. The Hall–Kier alpha value is -1.17. The second-order valence-corrected chi connectivity index (χ2v) is 4.16. The van der Waals surface area contributed by atoms with Crippen molar-refractivity contribution in [3.63, 3.8) is 0 Å². The third kappa shape index (κ3) is 4.78. The van der Waals surface area contributed by atoms with Crippen molar-refractivity contribution in [1.82, 2.24) is 0 Å². The molecule has 0 aliphatic heterocycles. The number of methoxy groups -OCH3 is 2. The predicted octanol–water partition coefficient (Wildman–Crippen LogP) is 1.96. The molecule has 0 radical (unpaired) electrons. The largest absolute Gasteiger partial charge is 0.502 e. The standard InChI is InChI=1S/C13H22N2O3.ClH/c1-17-11-7-9(8-12(18-2)13(11)16)10(15)5-3-4-6-14;/h7-8,10,16H,3-6,14-15H2,1-2H3;1H/t10-;/m1./s1. The highest BCUT2D eigenvalue weighted by Crippen LogP contribution is 2.38. The van der Waals surface area contributed by atoms with Crippen LogP contribution in [0.5, 0.6) is 17.2 Å². The van der Waals surface area contributed by atoms with Crippen LogP contribution >= 0.6 is 12.4 Å². The van der Waals surface area contributed by atoms with Crippen LogP contribution in [0.2, 0.25) is 0 Å². The van der Waals surface area contributed by atoms with Crippen molar-refractivity contribution in [2.75, 3.05) is 20.8 Å². The van der Waals surface area contributed by atoms with Crippen LogP contribution in [-0.4, -0.2) is 25.9 Å². The van der Waals surface area contributed by atoms with Gasteiger partial charge in [0.2, 0.25) is 5.75 Å². The maximum absolute atomic E-state index is 9.80. The molecule has 0 aliphatic rings. The fourth-order valence-corrected chi connectivity index (χ4v) is 1.80. The number of unbranched alkanes of at least 4 members (excludes halogenated alkanes) is 1. The van der Waals surface area contributed by atoms with Crippen LogP contribution in [0, 0.1) is 0 Å². The number of nitrogens with two attached hydrogens (primary N) is 2. The Bertz CT molecular complexity index is 363. The van der Waals surface area contributed by atoms with E-state index in [1.54, 1.807) is 12.1 Å². The molecule has 5 N–H and O–H groups in total. The van der Waals surface area contributed by atoms with E-state index in [0.717, 1.165) is 24.8 Å². The first-order valence-electron chi connectivity index (χ1n) is 6.04. The summed E-state index contributed by atoms with van der Waals surface area (Å²) >= 11 is 0. The number of benzene rings is 1. The molecule has 0 saturated carbocycles. The summed E-state index contributed by atoms with van der Waals surface area (Å²) in [5.41, 5.74) is 12.4. The van der Waals surface area contributed by atoms with Crippen molar-refractivity contribution in [2.45, 2.75) is 25.3 Å². The first kappa shape index (κ1) is 17.8. The van der Waals surface area contributed by atoms with Crippen molar-refractivity contribution in [3.05, 3.63) is 17.7 Å². The van der Waals surface area contributed by atoms with Crippen LogP contribution in [0.4, 0.5) is 0 Å². The summed E-state index contributed by atoms with van der Waals surface area (Å²) in [5, 5.41) is 9.80. The predicted molar refractivity (Wildman–Crippen MR) is 78.3 cm³/mol. The number of hydrogen-bond acceptors (Lipinski definition) is 5. The van der Waals surface area contributed by atoms with Crippen molar-refractivity contribution >= 4 is 12.4 Å². The Kier molecular flexibility index (Phi) is 8.30. The molecule has 1 aromatic rings. The number of phenols is 1. The second-order valence-electron chi connectivity index (χ2n) is 4.16. The number of ether oxygens (including phenoxy) is 2. The Balaban J connectivity index is 0.00000324. The van der Waals surface area contributed by atoms with Crippen LogP contribution in [0.1, 0.15) is 30.9 Å². The molecular weight excluding hydrogens is 268 g/mol. The third-order valence-electron chi connectivity index (χ3n) is 2.90. The van der Waals surface area contributed by atoms with Gasteiger partial charge in [-0.25, -0.2) is 0 Å². The zero-order chi connectivity index (χ0) is 13.5. The van der Waals surface area contributed by atoms with E-state index in [1.165, 1.54) is 14.2 Å². The first-order valence-corrected chi connectivity index (χ1v) is 6.04. The topological polar surface area (TPSA) is 90.7 Å². The highest BCUT2D eigenvalue weighted by Gasteiger charge is 2.14. The molecule has 0 saturated heterocycles. The van der Waals surface area contributed by atoms with Gasteiger partial charge in [-0.1, -0.05) is 6.42 Å². The summed E-state index contributed by atoms with van der Waals surface area (Å²) in [5.74, 6) is 0.746. The van der Waals surface area contributed by atoms with Gasteiger partial charge in [-0.3, -0.25) is 0 Å². The molecule has 5 nitrogen and oxygen atoms in total. The molecule has 0 amide bonds. The highest BCUT2D eigenvalue weighted by atomic mass is 35.5. The molecule has 0 fully saturated rings. The van der Waals surface area contributed by atoms with E-state index in [4.69, 9.17) is 20.9 Å². The van der Waals surface area contributed by atoms with Crippen molar-refractivity contribution in [3.8, 4) is 17.2 Å². The zero-order valence-electron chi connectivity index (χ0n) is 11.4. The van der Waals surface area contributed by atoms with Crippen LogP contribution in [0.15, 0.2) is 12.1 Å². The number of halogens is 1. The van der Waals surface area contributed by atoms with Gasteiger partial charge in [0.05, 0.1) is 14.2 Å². The SMILES string of the molecule is COc1cc([C@H](N)CCCCN)cc(OC)c1O.Cl. The van der Waals surface area contributed by atoms with Gasteiger partial charge in [-0.05, 0) is 37.1 Å². The fraction of sp³-hybridized carbons (Fsp3) is 0.538. The minimum absolute atomic E-state index is 0. The molecule has 1 aromatic carbocycles. The second kappa shape index (κ2) is 8.85. The maximum atomic E-state index is 9.80. The molecule has 6 heteroatoms. The van der Waals surface area contributed by atoms with E-state index in [0.29, 0.717) is 18.0 Å². The van der Waals surface area contributed by atoms with Crippen molar-refractivity contribution < 1.29 is 14.6 Å². The molecule has 1 atom stereocenters. The average molecular weight is 291 g/mol. The third-order valence-corrected chi connectivity index (χ3v) is 2.90. The van der Waals surface area contributed by atoms with Gasteiger partial charge >= 0.3 is 0 Å². The van der Waals surface area contributed by atoms with Crippen molar-refractivity contribution in [1.29, 1.82) is 0 Å². The minimum atomic E-state index is -0.111. The monoisotopic (exact) mass is 290 g/mol. The molecular formula is C13H23ClN2O3. The van der Waals surface area contributed by atoms with Crippen LogP contribution in [-0.2, 0) is 0 Å². The molecule has 0 aliphatic carbocycles. The zero-order valence-corrected chi connectivity index (χ0v) is 12.2. The number of hydrogen-bond donors (Lipinski definition) is 3. The van der Waals surface area contributed by atoms with Crippen LogP contribution in [0.25, 0.3) is 0 Å². The van der Waals surface area contributed by atoms with Crippen molar-refractivity contribution in [2.24, 2.45) is 11.5 Å². The quantitative estimate of drug-likeness (QED) is 0.668. The van der Waals surface area contributed by atoms with Gasteiger partial charge in [0, 0.05) is 6.04 Å². The minimum Gasteiger partial charge on any atom is -0.502 e. The smallest absolute Gasteiger partial charge is 0.200 e. The molecule has 0 heterocycles. The number of rotatable bonds is 7. The molecule has 110 valence electrons. The molecule has 19 heavy (non-hydrogen) atoms. The lowest BCUT2D eigenvalue weighted by molar-refractivity contribution is 0.338. The van der Waals surface area contributed by atoms with Gasteiger partial charge < -0.3 is 26.0 Å². The maximum Gasteiger partial charge on any atom is 0.200 e. The van der Waals surface area contributed by atoms with Gasteiger partial charge in [0.1, 0.15) is 0 Å². The molecule has 0 aromatic heterocycles. The van der Waals surface area contributed by atoms with Crippen LogP contribution in [0.3, 0.4) is 0 Å². The molecule has 0 bridgehead atoms. The van der Waals surface area contributed by atoms with E-state index < -0.39 is 0 Å². The van der Waals surface area contributed by atoms with Gasteiger partial charge in [0.15, 0.2) is 11.5 Å². The Morgan fingerprint density at radius 1 is 1.16 bits per heavy atom. The molecule has 0 spiro atoms. The van der Waals surface area contributed by atoms with E-state index in [9.17, 15) is 5.11 Å². The summed E-state index contributed by atoms with van der Waals surface area (Å²) in [6, 6.07) is 3.37. The lowest BCUT2D eigenvalue weighted by Gasteiger charge is -2.16. The normalized spacial score (nSPS) is 11.6. The lowest BCUT2D eigenvalue weighted by Crippen LogP contribution is -2.11. The molecule has 0 unspecified atom stereocenters. The Morgan fingerprint density at radius 3 is 2.11 bits per heavy atom. The van der Waals surface area contributed by atoms with Gasteiger partial charge in [0.25, 0.3) is 0 Å².